The molecule has 2 fully saturated rings. The van der Waals surface area contributed by atoms with E-state index in [0.717, 1.165) is 36.8 Å². The van der Waals surface area contributed by atoms with Crippen LogP contribution in [0.2, 0.25) is 0 Å². The van der Waals surface area contributed by atoms with Gasteiger partial charge in [0.05, 0.1) is 18.3 Å². The van der Waals surface area contributed by atoms with Crippen molar-refractivity contribution in [3.05, 3.63) is 42.5 Å². The van der Waals surface area contributed by atoms with E-state index >= 15 is 0 Å². The number of nitrogens with one attached hydrogen (secondary N) is 2. The monoisotopic (exact) mass is 496 g/mol. The molecule has 3 atom stereocenters. The molecular weight excluding hydrogens is 467 g/mol. The van der Waals surface area contributed by atoms with E-state index in [9.17, 15) is 0 Å². The Morgan fingerprint density at radius 2 is 2.25 bits per heavy atom. The molecule has 2 aliphatic rings. The van der Waals surface area contributed by atoms with Crippen molar-refractivity contribution in [1.82, 2.24) is 25.4 Å². The lowest BCUT2D eigenvalue weighted by molar-refractivity contribution is -0.106. The standard InChI is InChI=1S/C20H28N6O.HI/c1-4-22-19(25-17-16-8-9-27-18(16)20(17,2)3)23-11-14-6-5-7-15(10-14)26-13-21-12-24-26;/h5-7,10,12-13,16-18H,4,8-9,11H2,1-3H3,(H2,22,23,25);1H. The smallest absolute Gasteiger partial charge is 0.191 e. The van der Waals surface area contributed by atoms with Crippen molar-refractivity contribution in [3.63, 3.8) is 0 Å². The van der Waals surface area contributed by atoms with Crippen LogP contribution in [0, 0.1) is 11.3 Å². The topological polar surface area (TPSA) is 76.4 Å². The minimum absolute atomic E-state index is 0. The van der Waals surface area contributed by atoms with Crippen LogP contribution in [0.1, 0.15) is 32.8 Å². The van der Waals surface area contributed by atoms with E-state index in [1.165, 1.54) is 0 Å². The Labute approximate surface area is 183 Å². The molecular formula is C20H29IN6O. The van der Waals surface area contributed by atoms with Gasteiger partial charge in [-0.25, -0.2) is 14.7 Å². The summed E-state index contributed by atoms with van der Waals surface area (Å²) in [4.78, 5) is 8.83. The summed E-state index contributed by atoms with van der Waals surface area (Å²) in [5, 5.41) is 11.2. The Bertz CT molecular complexity index is 807. The number of aliphatic imine (C=N–C) groups is 1. The summed E-state index contributed by atoms with van der Waals surface area (Å²) in [6.45, 7) is 8.97. The molecule has 1 aromatic heterocycles. The summed E-state index contributed by atoms with van der Waals surface area (Å²) in [6, 6.07) is 8.61. The van der Waals surface area contributed by atoms with Gasteiger partial charge >= 0.3 is 0 Å². The molecule has 152 valence electrons. The van der Waals surface area contributed by atoms with Crippen LogP contribution in [0.5, 0.6) is 0 Å². The van der Waals surface area contributed by atoms with Gasteiger partial charge in [0.1, 0.15) is 12.7 Å². The Balaban J connectivity index is 0.00000225. The van der Waals surface area contributed by atoms with Crippen LogP contribution < -0.4 is 10.6 Å². The normalized spacial score (nSPS) is 25.4. The predicted molar refractivity (Wildman–Crippen MR) is 120 cm³/mol. The van der Waals surface area contributed by atoms with Gasteiger partial charge in [-0.2, -0.15) is 5.10 Å². The molecule has 1 saturated carbocycles. The summed E-state index contributed by atoms with van der Waals surface area (Å²) in [5.74, 6) is 1.45. The van der Waals surface area contributed by atoms with Gasteiger partial charge in [0, 0.05) is 30.5 Å². The number of hydrogen-bond donors (Lipinski definition) is 2. The van der Waals surface area contributed by atoms with Gasteiger partial charge in [-0.3, -0.25) is 0 Å². The van der Waals surface area contributed by atoms with Crippen molar-refractivity contribution in [2.45, 2.75) is 45.9 Å². The summed E-state index contributed by atoms with van der Waals surface area (Å²) in [5.41, 5.74) is 2.25. The van der Waals surface area contributed by atoms with E-state index in [-0.39, 0.29) is 29.4 Å². The molecule has 0 spiro atoms. The average Bonchev–Trinajstić information content (AvgIpc) is 3.35. The van der Waals surface area contributed by atoms with Crippen molar-refractivity contribution < 1.29 is 4.74 Å². The first-order chi connectivity index (χ1) is 13.1. The van der Waals surface area contributed by atoms with Crippen LogP contribution in [0.25, 0.3) is 5.69 Å². The van der Waals surface area contributed by atoms with Crippen LogP contribution in [0.15, 0.2) is 41.9 Å². The molecule has 2 N–H and O–H groups in total. The summed E-state index contributed by atoms with van der Waals surface area (Å²) in [7, 11) is 0. The number of benzene rings is 1. The van der Waals surface area contributed by atoms with Gasteiger partial charge in [0.2, 0.25) is 0 Å². The molecule has 7 nitrogen and oxygen atoms in total. The van der Waals surface area contributed by atoms with E-state index in [1.54, 1.807) is 17.3 Å². The molecule has 0 amide bonds. The second-order valence-electron chi connectivity index (χ2n) is 7.89. The van der Waals surface area contributed by atoms with Crippen LogP contribution >= 0.6 is 24.0 Å². The second kappa shape index (κ2) is 8.77. The quantitative estimate of drug-likeness (QED) is 0.379. The number of fused-ring (bicyclic) bond motifs is 1. The highest BCUT2D eigenvalue weighted by atomic mass is 127. The molecule has 1 aromatic carbocycles. The number of guanidine groups is 1. The number of aromatic nitrogens is 3. The Hall–Kier alpha value is -1.68. The fourth-order valence-corrected chi connectivity index (χ4v) is 4.39. The SMILES string of the molecule is CCNC(=NCc1cccc(-n2cncn2)c1)NC1C2CCOC2C1(C)C.I. The number of hydrogen-bond acceptors (Lipinski definition) is 4. The molecule has 1 saturated heterocycles. The minimum Gasteiger partial charge on any atom is -0.377 e. The molecule has 2 aromatic rings. The van der Waals surface area contributed by atoms with Crippen LogP contribution in [-0.2, 0) is 11.3 Å². The summed E-state index contributed by atoms with van der Waals surface area (Å²) < 4.78 is 7.66. The maximum absolute atomic E-state index is 5.90. The molecule has 8 heteroatoms. The van der Waals surface area contributed by atoms with Gasteiger partial charge in [-0.15, -0.1) is 24.0 Å². The lowest BCUT2D eigenvalue weighted by atomic mass is 9.57. The number of halogens is 1. The van der Waals surface area contributed by atoms with Crippen LogP contribution in [0.3, 0.4) is 0 Å². The Kier molecular flexibility index (Phi) is 6.59. The zero-order valence-electron chi connectivity index (χ0n) is 16.6. The third-order valence-electron chi connectivity index (χ3n) is 5.75. The van der Waals surface area contributed by atoms with Crippen molar-refractivity contribution in [2.24, 2.45) is 16.3 Å². The maximum Gasteiger partial charge on any atom is 0.191 e. The Morgan fingerprint density at radius 3 is 3.00 bits per heavy atom. The number of ether oxygens (including phenoxy) is 1. The lowest BCUT2D eigenvalue weighted by Crippen LogP contribution is -2.67. The fraction of sp³-hybridized carbons (Fsp3) is 0.550. The molecule has 2 heterocycles. The third-order valence-corrected chi connectivity index (χ3v) is 5.75. The summed E-state index contributed by atoms with van der Waals surface area (Å²) >= 11 is 0. The van der Waals surface area contributed by atoms with E-state index in [4.69, 9.17) is 9.73 Å². The van der Waals surface area contributed by atoms with Crippen molar-refractivity contribution >= 4 is 29.9 Å². The molecule has 0 radical (unpaired) electrons. The molecule has 1 aliphatic heterocycles. The van der Waals surface area contributed by atoms with Gasteiger partial charge in [-0.1, -0.05) is 26.0 Å². The highest BCUT2D eigenvalue weighted by Crippen LogP contribution is 2.52. The van der Waals surface area contributed by atoms with Crippen molar-refractivity contribution in [2.75, 3.05) is 13.2 Å². The molecule has 28 heavy (non-hydrogen) atoms. The van der Waals surface area contributed by atoms with E-state index in [0.29, 0.717) is 24.6 Å². The number of rotatable bonds is 5. The van der Waals surface area contributed by atoms with E-state index in [1.807, 2.05) is 12.1 Å². The first-order valence-electron chi connectivity index (χ1n) is 9.70. The molecule has 4 rings (SSSR count). The fourth-order valence-electron chi connectivity index (χ4n) is 4.39. The van der Waals surface area contributed by atoms with E-state index in [2.05, 4.69) is 53.6 Å². The molecule has 1 aliphatic carbocycles. The maximum atomic E-state index is 5.90. The molecule has 3 unspecified atom stereocenters. The Morgan fingerprint density at radius 1 is 1.39 bits per heavy atom. The van der Waals surface area contributed by atoms with Crippen molar-refractivity contribution in [3.8, 4) is 5.69 Å². The minimum atomic E-state index is 0. The second-order valence-corrected chi connectivity index (χ2v) is 7.89. The van der Waals surface area contributed by atoms with Crippen LogP contribution in [0.4, 0.5) is 0 Å². The zero-order valence-corrected chi connectivity index (χ0v) is 19.0. The molecule has 0 bridgehead atoms. The van der Waals surface area contributed by atoms with Gasteiger partial charge in [-0.05, 0) is 31.0 Å². The highest BCUT2D eigenvalue weighted by Gasteiger charge is 2.59. The van der Waals surface area contributed by atoms with Crippen LogP contribution in [-0.4, -0.2) is 46.0 Å². The number of nitrogens with zero attached hydrogens (tertiary/aromatic N) is 4. The average molecular weight is 496 g/mol. The van der Waals surface area contributed by atoms with E-state index < -0.39 is 0 Å². The predicted octanol–water partition coefficient (Wildman–Crippen LogP) is 2.75. The van der Waals surface area contributed by atoms with Gasteiger partial charge in [0.15, 0.2) is 5.96 Å². The van der Waals surface area contributed by atoms with Crippen molar-refractivity contribution in [1.29, 1.82) is 0 Å². The van der Waals surface area contributed by atoms with Gasteiger partial charge < -0.3 is 15.4 Å². The third kappa shape index (κ3) is 4.03. The summed E-state index contributed by atoms with van der Waals surface area (Å²) in [6.07, 6.45) is 4.74. The largest absolute Gasteiger partial charge is 0.377 e. The lowest BCUT2D eigenvalue weighted by Gasteiger charge is -2.54. The highest BCUT2D eigenvalue weighted by molar-refractivity contribution is 14.0. The van der Waals surface area contributed by atoms with Gasteiger partial charge in [0.25, 0.3) is 0 Å². The first-order valence-corrected chi connectivity index (χ1v) is 9.70. The first kappa shape index (κ1) is 21.0. The zero-order chi connectivity index (χ0) is 18.9.